The Morgan fingerprint density at radius 1 is 1.44 bits per heavy atom. The molecule has 0 aliphatic heterocycles. The molecule has 6 nitrogen and oxygen atoms in total. The minimum Gasteiger partial charge on any atom is -0.329 e. The van der Waals surface area contributed by atoms with Crippen LogP contribution in [0.5, 0.6) is 0 Å². The largest absolute Gasteiger partial charge is 0.329 e. The Balaban J connectivity index is 2.19. The zero-order valence-corrected chi connectivity index (χ0v) is 9.89. The topological polar surface area (TPSA) is 98.3 Å². The molecule has 1 aliphatic rings. The number of carbonyl (C=O) groups excluding carboxylic acids is 1. The molecule has 0 spiro atoms. The summed E-state index contributed by atoms with van der Waals surface area (Å²) in [7, 11) is 0. The van der Waals surface area contributed by atoms with Gasteiger partial charge in [0.25, 0.3) is 5.69 Å². The minimum atomic E-state index is -0.538. The molecular formula is C12H15N3O3. The average molecular weight is 249 g/mol. The highest BCUT2D eigenvalue weighted by Crippen LogP contribution is 2.41. The number of nitrogens with one attached hydrogen (secondary N) is 1. The second kappa shape index (κ2) is 4.73. The van der Waals surface area contributed by atoms with Gasteiger partial charge in [-0.15, -0.1) is 0 Å². The zero-order chi connectivity index (χ0) is 13.2. The smallest absolute Gasteiger partial charge is 0.292 e. The molecule has 6 heteroatoms. The summed E-state index contributed by atoms with van der Waals surface area (Å²) in [5.41, 5.74) is 5.22. The van der Waals surface area contributed by atoms with E-state index in [0.717, 1.165) is 19.3 Å². The Morgan fingerprint density at radius 2 is 2.11 bits per heavy atom. The molecule has 0 atom stereocenters. The molecule has 0 heterocycles. The van der Waals surface area contributed by atoms with Gasteiger partial charge in [-0.2, -0.15) is 0 Å². The third kappa shape index (κ3) is 2.06. The Labute approximate surface area is 104 Å². The van der Waals surface area contributed by atoms with E-state index >= 15 is 0 Å². The van der Waals surface area contributed by atoms with Crippen molar-refractivity contribution in [3.63, 3.8) is 0 Å². The van der Waals surface area contributed by atoms with Crippen molar-refractivity contribution >= 4 is 17.3 Å². The van der Waals surface area contributed by atoms with Gasteiger partial charge in [0.15, 0.2) is 0 Å². The van der Waals surface area contributed by atoms with Crippen LogP contribution in [0.4, 0.5) is 11.4 Å². The number of nitro benzene ring substituents is 1. The number of nitro groups is 1. The first-order chi connectivity index (χ1) is 8.59. The van der Waals surface area contributed by atoms with E-state index in [2.05, 4.69) is 5.32 Å². The van der Waals surface area contributed by atoms with Crippen molar-refractivity contribution in [3.8, 4) is 0 Å². The lowest BCUT2D eigenvalue weighted by Gasteiger charge is -2.38. The van der Waals surface area contributed by atoms with E-state index in [1.165, 1.54) is 12.1 Å². The van der Waals surface area contributed by atoms with Crippen LogP contribution in [0.25, 0.3) is 0 Å². The molecule has 18 heavy (non-hydrogen) atoms. The average Bonchev–Trinajstić information content (AvgIpc) is 2.28. The number of benzene rings is 1. The fraction of sp³-hybridized carbons (Fsp3) is 0.417. The number of hydrogen-bond acceptors (Lipinski definition) is 4. The first-order valence-electron chi connectivity index (χ1n) is 5.84. The maximum absolute atomic E-state index is 12.1. The van der Waals surface area contributed by atoms with Crippen molar-refractivity contribution in [3.05, 3.63) is 34.4 Å². The van der Waals surface area contributed by atoms with Gasteiger partial charge in [-0.05, 0) is 18.9 Å². The summed E-state index contributed by atoms with van der Waals surface area (Å²) < 4.78 is 0. The van der Waals surface area contributed by atoms with Gasteiger partial charge < -0.3 is 11.1 Å². The molecule has 1 aromatic rings. The summed E-state index contributed by atoms with van der Waals surface area (Å²) in [6.45, 7) is 0.277. The van der Waals surface area contributed by atoms with Gasteiger partial charge in [0.1, 0.15) is 5.69 Å². The lowest BCUT2D eigenvalue weighted by molar-refractivity contribution is -0.383. The van der Waals surface area contributed by atoms with E-state index in [9.17, 15) is 14.9 Å². The number of nitrogens with two attached hydrogens (primary N) is 1. The van der Waals surface area contributed by atoms with Crippen molar-refractivity contribution in [2.75, 3.05) is 11.9 Å². The van der Waals surface area contributed by atoms with Crippen molar-refractivity contribution < 1.29 is 9.72 Å². The number of anilines is 1. The SMILES string of the molecule is NCC1(C(=O)Nc2ccccc2[N+](=O)[O-])CCC1. The predicted octanol–water partition coefficient (Wildman–Crippen LogP) is 1.66. The van der Waals surface area contributed by atoms with Gasteiger partial charge in [0.2, 0.25) is 5.91 Å². The quantitative estimate of drug-likeness (QED) is 0.626. The van der Waals surface area contributed by atoms with Gasteiger partial charge in [0.05, 0.1) is 10.3 Å². The molecule has 96 valence electrons. The summed E-state index contributed by atoms with van der Waals surface area (Å²) in [6, 6.07) is 6.11. The normalized spacial score (nSPS) is 16.7. The lowest BCUT2D eigenvalue weighted by Crippen LogP contribution is -2.47. The van der Waals surface area contributed by atoms with Gasteiger partial charge in [-0.1, -0.05) is 18.6 Å². The zero-order valence-electron chi connectivity index (χ0n) is 9.89. The molecule has 0 radical (unpaired) electrons. The number of para-hydroxylation sites is 2. The first-order valence-corrected chi connectivity index (χ1v) is 5.84. The molecule has 1 amide bonds. The Kier molecular flexibility index (Phi) is 3.29. The molecule has 1 aliphatic carbocycles. The minimum absolute atomic E-state index is 0.0997. The number of rotatable bonds is 4. The van der Waals surface area contributed by atoms with Crippen LogP contribution in [-0.4, -0.2) is 17.4 Å². The summed E-state index contributed by atoms with van der Waals surface area (Å²) in [5.74, 6) is -0.217. The highest BCUT2D eigenvalue weighted by Gasteiger charge is 2.43. The first kappa shape index (κ1) is 12.5. The molecule has 1 aromatic carbocycles. The molecule has 2 rings (SSSR count). The Morgan fingerprint density at radius 3 is 2.61 bits per heavy atom. The monoisotopic (exact) mass is 249 g/mol. The molecule has 0 bridgehead atoms. The van der Waals surface area contributed by atoms with E-state index in [0.29, 0.717) is 0 Å². The summed E-state index contributed by atoms with van der Waals surface area (Å²) >= 11 is 0. The standard InChI is InChI=1S/C12H15N3O3/c13-8-12(6-3-7-12)11(16)14-9-4-1-2-5-10(9)15(17)18/h1-2,4-5H,3,6-8,13H2,(H,14,16). The maximum atomic E-state index is 12.1. The second-order valence-corrected chi connectivity index (χ2v) is 4.57. The Hall–Kier alpha value is -1.95. The number of amides is 1. The molecule has 0 unspecified atom stereocenters. The molecular weight excluding hydrogens is 234 g/mol. The van der Waals surface area contributed by atoms with Crippen LogP contribution in [0.1, 0.15) is 19.3 Å². The van der Waals surface area contributed by atoms with Crippen LogP contribution in [0.2, 0.25) is 0 Å². The molecule has 0 saturated heterocycles. The van der Waals surface area contributed by atoms with Gasteiger partial charge in [-0.3, -0.25) is 14.9 Å². The van der Waals surface area contributed by atoms with Crippen LogP contribution in [-0.2, 0) is 4.79 Å². The fourth-order valence-corrected chi connectivity index (χ4v) is 2.12. The molecule has 0 aromatic heterocycles. The van der Waals surface area contributed by atoms with Crippen LogP contribution in [0.3, 0.4) is 0 Å². The number of hydrogen-bond donors (Lipinski definition) is 2. The molecule has 1 saturated carbocycles. The molecule has 3 N–H and O–H groups in total. The lowest BCUT2D eigenvalue weighted by atomic mass is 9.68. The van der Waals surface area contributed by atoms with Crippen LogP contribution in [0.15, 0.2) is 24.3 Å². The van der Waals surface area contributed by atoms with E-state index in [1.807, 2.05) is 0 Å². The van der Waals surface area contributed by atoms with Crippen LogP contribution in [0, 0.1) is 15.5 Å². The van der Waals surface area contributed by atoms with E-state index in [4.69, 9.17) is 5.73 Å². The predicted molar refractivity (Wildman–Crippen MR) is 67.1 cm³/mol. The summed E-state index contributed by atoms with van der Waals surface area (Å²) in [6.07, 6.45) is 2.47. The van der Waals surface area contributed by atoms with Crippen molar-refractivity contribution in [1.82, 2.24) is 0 Å². The number of nitrogens with zero attached hydrogens (tertiary/aromatic N) is 1. The summed E-state index contributed by atoms with van der Waals surface area (Å²) in [5, 5.41) is 13.5. The van der Waals surface area contributed by atoms with Crippen molar-refractivity contribution in [2.45, 2.75) is 19.3 Å². The van der Waals surface area contributed by atoms with Crippen LogP contribution >= 0.6 is 0 Å². The number of carbonyl (C=O) groups is 1. The van der Waals surface area contributed by atoms with E-state index < -0.39 is 10.3 Å². The van der Waals surface area contributed by atoms with Crippen LogP contribution < -0.4 is 11.1 Å². The second-order valence-electron chi connectivity index (χ2n) is 4.57. The van der Waals surface area contributed by atoms with Gasteiger partial charge >= 0.3 is 0 Å². The van der Waals surface area contributed by atoms with E-state index in [1.54, 1.807) is 12.1 Å². The third-order valence-corrected chi connectivity index (χ3v) is 3.53. The van der Waals surface area contributed by atoms with Crippen molar-refractivity contribution in [2.24, 2.45) is 11.1 Å². The molecule has 1 fully saturated rings. The van der Waals surface area contributed by atoms with Gasteiger partial charge in [-0.25, -0.2) is 0 Å². The van der Waals surface area contributed by atoms with E-state index in [-0.39, 0.29) is 23.8 Å². The Bertz CT molecular complexity index is 478. The highest BCUT2D eigenvalue weighted by atomic mass is 16.6. The fourth-order valence-electron chi connectivity index (χ4n) is 2.12. The highest BCUT2D eigenvalue weighted by molar-refractivity contribution is 5.97. The summed E-state index contributed by atoms with van der Waals surface area (Å²) in [4.78, 5) is 22.4. The maximum Gasteiger partial charge on any atom is 0.292 e. The third-order valence-electron chi connectivity index (χ3n) is 3.53. The van der Waals surface area contributed by atoms with Gasteiger partial charge in [0, 0.05) is 12.6 Å². The van der Waals surface area contributed by atoms with Crippen molar-refractivity contribution in [1.29, 1.82) is 0 Å².